The topological polar surface area (TPSA) is 40.5 Å². The summed E-state index contributed by atoms with van der Waals surface area (Å²) in [6, 6.07) is 10.3. The Morgan fingerprint density at radius 2 is 1.91 bits per heavy atom. The van der Waals surface area contributed by atoms with Gasteiger partial charge >= 0.3 is 0 Å². The predicted octanol–water partition coefficient (Wildman–Crippen LogP) is 4.20. The van der Waals surface area contributed by atoms with E-state index in [0.29, 0.717) is 18.4 Å². The van der Waals surface area contributed by atoms with Gasteiger partial charge in [0, 0.05) is 12.5 Å². The Kier molecular flexibility index (Phi) is 5.69. The van der Waals surface area contributed by atoms with Crippen LogP contribution in [0.4, 0.5) is 0 Å². The van der Waals surface area contributed by atoms with Gasteiger partial charge in [0.25, 0.3) is 0 Å². The molecule has 1 saturated carbocycles. The molecular formula is C21H28O2. The van der Waals surface area contributed by atoms with Crippen LogP contribution in [0, 0.1) is 17.8 Å². The normalized spacial score (nSPS) is 29.9. The van der Waals surface area contributed by atoms with E-state index < -0.39 is 0 Å². The Labute approximate surface area is 139 Å². The molecule has 0 heterocycles. The molecule has 1 aromatic rings. The maximum atomic E-state index is 10.4. The van der Waals surface area contributed by atoms with Gasteiger partial charge in [-0.1, -0.05) is 60.6 Å². The fourth-order valence-electron chi connectivity index (χ4n) is 4.22. The highest BCUT2D eigenvalue weighted by Crippen LogP contribution is 2.48. The number of aliphatic hydroxyl groups excluding tert-OH is 2. The molecule has 0 bridgehead atoms. The quantitative estimate of drug-likeness (QED) is 0.585. The number of hydrogen-bond acceptors (Lipinski definition) is 2. The van der Waals surface area contributed by atoms with Gasteiger partial charge in [-0.2, -0.15) is 0 Å². The molecule has 0 saturated heterocycles. The molecule has 4 atom stereocenters. The molecule has 2 aliphatic rings. The summed E-state index contributed by atoms with van der Waals surface area (Å²) in [5.74, 6) is 1.42. The maximum absolute atomic E-state index is 10.4. The van der Waals surface area contributed by atoms with E-state index in [4.69, 9.17) is 5.11 Å². The molecule has 1 aromatic carbocycles. The first-order chi connectivity index (χ1) is 11.3. The summed E-state index contributed by atoms with van der Waals surface area (Å²) < 4.78 is 0. The van der Waals surface area contributed by atoms with Crippen molar-refractivity contribution in [1.29, 1.82) is 0 Å². The smallest absolute Gasteiger partial charge is 0.0611 e. The third-order valence-electron chi connectivity index (χ3n) is 5.42. The highest BCUT2D eigenvalue weighted by atomic mass is 16.3. The molecule has 0 aromatic heterocycles. The Balaban J connectivity index is 1.57. The maximum Gasteiger partial charge on any atom is 0.0611 e. The first-order valence-corrected chi connectivity index (χ1v) is 8.99. The van der Waals surface area contributed by atoms with Crippen molar-refractivity contribution >= 4 is 6.08 Å². The van der Waals surface area contributed by atoms with E-state index in [1.165, 1.54) is 12.0 Å². The summed E-state index contributed by atoms with van der Waals surface area (Å²) >= 11 is 0. The monoisotopic (exact) mass is 312 g/mol. The van der Waals surface area contributed by atoms with Crippen LogP contribution in [0.15, 0.2) is 48.1 Å². The van der Waals surface area contributed by atoms with Crippen LogP contribution in [0.5, 0.6) is 0 Å². The van der Waals surface area contributed by atoms with Gasteiger partial charge < -0.3 is 10.2 Å². The van der Waals surface area contributed by atoms with Gasteiger partial charge in [-0.15, -0.1) is 0 Å². The van der Waals surface area contributed by atoms with Gasteiger partial charge in [-0.3, -0.25) is 0 Å². The van der Waals surface area contributed by atoms with E-state index in [2.05, 4.69) is 42.5 Å². The van der Waals surface area contributed by atoms with Crippen LogP contribution < -0.4 is 0 Å². The van der Waals surface area contributed by atoms with Crippen molar-refractivity contribution in [2.45, 2.75) is 44.6 Å². The van der Waals surface area contributed by atoms with Crippen molar-refractivity contribution in [2.24, 2.45) is 17.8 Å². The van der Waals surface area contributed by atoms with E-state index in [1.807, 2.05) is 6.07 Å². The summed E-state index contributed by atoms with van der Waals surface area (Å²) in [5.41, 5.74) is 2.78. The van der Waals surface area contributed by atoms with Gasteiger partial charge in [-0.05, 0) is 49.5 Å². The summed E-state index contributed by atoms with van der Waals surface area (Å²) in [7, 11) is 0. The Bertz CT molecular complexity index is 546. The molecule has 3 rings (SSSR count). The zero-order valence-corrected chi connectivity index (χ0v) is 13.8. The fourth-order valence-corrected chi connectivity index (χ4v) is 4.22. The van der Waals surface area contributed by atoms with Crippen molar-refractivity contribution in [1.82, 2.24) is 0 Å². The van der Waals surface area contributed by atoms with Gasteiger partial charge in [0.05, 0.1) is 6.10 Å². The zero-order chi connectivity index (χ0) is 16.1. The lowest BCUT2D eigenvalue weighted by molar-refractivity contribution is 0.141. The molecule has 2 nitrogen and oxygen atoms in total. The van der Waals surface area contributed by atoms with E-state index in [-0.39, 0.29) is 12.0 Å². The van der Waals surface area contributed by atoms with E-state index >= 15 is 0 Å². The Hall–Kier alpha value is -1.38. The first kappa shape index (κ1) is 16.5. The summed E-state index contributed by atoms with van der Waals surface area (Å²) in [4.78, 5) is 0. The van der Waals surface area contributed by atoms with Crippen LogP contribution in [0.25, 0.3) is 6.08 Å². The second-order valence-corrected chi connectivity index (χ2v) is 7.04. The number of allylic oxidation sites excluding steroid dienone is 2. The van der Waals surface area contributed by atoms with Crippen LogP contribution in [0.2, 0.25) is 0 Å². The number of aliphatic hydroxyl groups is 2. The van der Waals surface area contributed by atoms with Gasteiger partial charge in [-0.25, -0.2) is 0 Å². The SMILES string of the molecule is OCCCCCC1=C[C@H]2C[C@@H](O)[C@H](/C=C/c3ccccc3)[C@H]2C1. The molecule has 0 unspecified atom stereocenters. The van der Waals surface area contributed by atoms with Crippen LogP contribution in [-0.4, -0.2) is 22.9 Å². The molecule has 0 spiro atoms. The molecule has 124 valence electrons. The molecule has 2 heteroatoms. The standard InChI is InChI=1S/C21H28O2/c22-12-6-2-5-9-17-13-18-15-21(23)19(20(18)14-17)11-10-16-7-3-1-4-8-16/h1,3-4,7-8,10-11,13,18-23H,2,5-6,9,12,14-15H2/b11-10+/t18-,19+,20-,21+/m0/s1. The van der Waals surface area contributed by atoms with E-state index in [1.54, 1.807) is 5.57 Å². The average molecular weight is 312 g/mol. The van der Waals surface area contributed by atoms with Crippen molar-refractivity contribution in [3.63, 3.8) is 0 Å². The fraction of sp³-hybridized carbons (Fsp3) is 0.524. The third-order valence-corrected chi connectivity index (χ3v) is 5.42. The molecule has 0 amide bonds. The van der Waals surface area contributed by atoms with Gasteiger partial charge in [0.1, 0.15) is 0 Å². The van der Waals surface area contributed by atoms with Crippen LogP contribution in [0.1, 0.15) is 44.1 Å². The molecule has 0 aliphatic heterocycles. The van der Waals surface area contributed by atoms with Crippen molar-refractivity contribution in [2.75, 3.05) is 6.61 Å². The lowest BCUT2D eigenvalue weighted by atomic mass is 9.88. The number of benzene rings is 1. The third kappa shape index (κ3) is 4.13. The lowest BCUT2D eigenvalue weighted by Crippen LogP contribution is -2.16. The molecule has 0 radical (unpaired) electrons. The summed E-state index contributed by atoms with van der Waals surface area (Å²) in [6.45, 7) is 0.308. The molecule has 1 fully saturated rings. The molecule has 2 N–H and O–H groups in total. The zero-order valence-electron chi connectivity index (χ0n) is 13.8. The van der Waals surface area contributed by atoms with Crippen LogP contribution in [0.3, 0.4) is 0 Å². The van der Waals surface area contributed by atoms with Crippen molar-refractivity contribution < 1.29 is 10.2 Å². The molecular weight excluding hydrogens is 284 g/mol. The number of hydrogen-bond donors (Lipinski definition) is 2. The largest absolute Gasteiger partial charge is 0.396 e. The van der Waals surface area contributed by atoms with Crippen molar-refractivity contribution in [3.05, 3.63) is 53.6 Å². The van der Waals surface area contributed by atoms with Crippen LogP contribution in [-0.2, 0) is 0 Å². The highest BCUT2D eigenvalue weighted by Gasteiger charge is 2.43. The molecule has 2 aliphatic carbocycles. The minimum absolute atomic E-state index is 0.197. The highest BCUT2D eigenvalue weighted by molar-refractivity contribution is 5.49. The van der Waals surface area contributed by atoms with Gasteiger partial charge in [0.2, 0.25) is 0 Å². The van der Waals surface area contributed by atoms with Crippen LogP contribution >= 0.6 is 0 Å². The number of rotatable bonds is 7. The predicted molar refractivity (Wildman–Crippen MR) is 94.8 cm³/mol. The second-order valence-electron chi connectivity index (χ2n) is 7.04. The average Bonchev–Trinajstić information content (AvgIpc) is 3.07. The Morgan fingerprint density at radius 1 is 1.09 bits per heavy atom. The molecule has 23 heavy (non-hydrogen) atoms. The summed E-state index contributed by atoms with van der Waals surface area (Å²) in [5, 5.41) is 19.3. The van der Waals surface area contributed by atoms with E-state index in [0.717, 1.165) is 32.1 Å². The Morgan fingerprint density at radius 3 is 2.70 bits per heavy atom. The van der Waals surface area contributed by atoms with Crippen molar-refractivity contribution in [3.8, 4) is 0 Å². The van der Waals surface area contributed by atoms with E-state index in [9.17, 15) is 5.11 Å². The minimum atomic E-state index is -0.197. The number of fused-ring (bicyclic) bond motifs is 1. The minimum Gasteiger partial charge on any atom is -0.396 e. The van der Waals surface area contributed by atoms with Gasteiger partial charge in [0.15, 0.2) is 0 Å². The second kappa shape index (κ2) is 7.94. The number of unbranched alkanes of at least 4 members (excludes halogenated alkanes) is 2. The summed E-state index contributed by atoms with van der Waals surface area (Å²) in [6.07, 6.45) is 13.1. The first-order valence-electron chi connectivity index (χ1n) is 8.99. The lowest BCUT2D eigenvalue weighted by Gasteiger charge is -2.18.